The minimum Gasteiger partial charge on any atom is -0.337 e. The molecule has 1 aliphatic rings. The summed E-state index contributed by atoms with van der Waals surface area (Å²) in [7, 11) is 0. The first kappa shape index (κ1) is 21.9. The molecule has 25 heavy (non-hydrogen) atoms. The third kappa shape index (κ3) is 4.73. The van der Waals surface area contributed by atoms with Gasteiger partial charge in [-0.2, -0.15) is 0 Å². The van der Waals surface area contributed by atoms with Gasteiger partial charge in [0.05, 0.1) is 0 Å². The summed E-state index contributed by atoms with van der Waals surface area (Å²) >= 11 is 1.52. The van der Waals surface area contributed by atoms with E-state index >= 15 is 0 Å². The number of carbonyl (C=O) groups excluding carboxylic acids is 1. The number of nitrogens with zero attached hydrogens (tertiary/aromatic N) is 2. The average molecular weight is 402 g/mol. The topological polar surface area (TPSA) is 59.2 Å². The van der Waals surface area contributed by atoms with Crippen molar-refractivity contribution >= 4 is 42.1 Å². The molecule has 4 nitrogen and oxygen atoms in total. The van der Waals surface area contributed by atoms with Crippen molar-refractivity contribution < 1.29 is 4.79 Å². The number of piperidine rings is 1. The smallest absolute Gasteiger partial charge is 0.273 e. The van der Waals surface area contributed by atoms with Crippen molar-refractivity contribution in [3.63, 3.8) is 0 Å². The molecule has 0 spiro atoms. The Balaban J connectivity index is 0.00000156. The number of aromatic nitrogens is 1. The van der Waals surface area contributed by atoms with Crippen molar-refractivity contribution in [2.75, 3.05) is 13.1 Å². The normalized spacial score (nSPS) is 18.9. The van der Waals surface area contributed by atoms with Crippen molar-refractivity contribution in [3.05, 3.63) is 40.9 Å². The van der Waals surface area contributed by atoms with Gasteiger partial charge in [0.25, 0.3) is 5.91 Å². The van der Waals surface area contributed by atoms with Crippen LogP contribution in [0.1, 0.15) is 36.3 Å². The molecule has 1 unspecified atom stereocenters. The molecule has 1 amide bonds. The second kappa shape index (κ2) is 8.49. The fraction of sp³-hybridized carbons (Fsp3) is 0.444. The highest BCUT2D eigenvalue weighted by atomic mass is 35.5. The highest BCUT2D eigenvalue weighted by Gasteiger charge is 2.36. The lowest BCUT2D eigenvalue weighted by Gasteiger charge is -2.42. The molecule has 0 saturated carbocycles. The molecule has 1 aliphatic heterocycles. The molecule has 2 N–H and O–H groups in total. The number of nitrogens with two attached hydrogens (primary N) is 1. The fourth-order valence-corrected chi connectivity index (χ4v) is 3.71. The maximum atomic E-state index is 12.7. The molecule has 0 aliphatic carbocycles. The van der Waals surface area contributed by atoms with Crippen LogP contribution < -0.4 is 5.73 Å². The highest BCUT2D eigenvalue weighted by Crippen LogP contribution is 2.30. The highest BCUT2D eigenvalue weighted by molar-refractivity contribution is 7.13. The molecule has 0 bridgehead atoms. The zero-order chi connectivity index (χ0) is 16.6. The maximum Gasteiger partial charge on any atom is 0.273 e. The summed E-state index contributed by atoms with van der Waals surface area (Å²) < 4.78 is 0. The van der Waals surface area contributed by atoms with Crippen LogP contribution in [-0.4, -0.2) is 34.9 Å². The Bertz CT molecular complexity index is 715. The number of rotatable bonds is 2. The van der Waals surface area contributed by atoms with Gasteiger partial charge in [-0.15, -0.1) is 36.2 Å². The van der Waals surface area contributed by atoms with E-state index in [0.29, 0.717) is 18.8 Å². The zero-order valence-corrected chi connectivity index (χ0v) is 17.1. The molecule has 2 heterocycles. The fourth-order valence-electron chi connectivity index (χ4n) is 2.91. The number of carbonyl (C=O) groups is 1. The molecule has 7 heteroatoms. The van der Waals surface area contributed by atoms with Crippen LogP contribution in [0.15, 0.2) is 29.6 Å². The van der Waals surface area contributed by atoms with Gasteiger partial charge in [0.1, 0.15) is 10.7 Å². The Morgan fingerprint density at radius 3 is 2.52 bits per heavy atom. The SMILES string of the molecule is Cc1ccc(-c2nc(C(=O)N3CCC(N)C(C)(C)C3)cs2)cc1.Cl.Cl. The standard InChI is InChI=1S/C18H23N3OS.2ClH/c1-12-4-6-13(7-5-12)16-20-14(10-23-16)17(22)21-9-8-15(19)18(2,3)11-21;;/h4-7,10,15H,8-9,11,19H2,1-3H3;2*1H. The summed E-state index contributed by atoms with van der Waals surface area (Å²) in [4.78, 5) is 19.2. The number of hydrogen-bond donors (Lipinski definition) is 1. The first-order chi connectivity index (χ1) is 10.9. The van der Waals surface area contributed by atoms with E-state index in [9.17, 15) is 4.79 Å². The Labute approximate surface area is 165 Å². The molecule has 1 aromatic heterocycles. The van der Waals surface area contributed by atoms with Gasteiger partial charge in [-0.1, -0.05) is 43.7 Å². The Morgan fingerprint density at radius 1 is 1.28 bits per heavy atom. The summed E-state index contributed by atoms with van der Waals surface area (Å²) in [5.74, 6) is 0.0135. The van der Waals surface area contributed by atoms with Gasteiger partial charge in [0.15, 0.2) is 0 Å². The largest absolute Gasteiger partial charge is 0.337 e. The maximum absolute atomic E-state index is 12.7. The molecule has 1 saturated heterocycles. The van der Waals surface area contributed by atoms with Gasteiger partial charge in [-0.3, -0.25) is 4.79 Å². The monoisotopic (exact) mass is 401 g/mol. The van der Waals surface area contributed by atoms with Gasteiger partial charge in [0.2, 0.25) is 0 Å². The molecular formula is C18H25Cl2N3OS. The van der Waals surface area contributed by atoms with Crippen molar-refractivity contribution in [2.24, 2.45) is 11.1 Å². The third-order valence-corrected chi connectivity index (χ3v) is 5.51. The first-order valence-corrected chi connectivity index (χ1v) is 8.82. The Hall–Kier alpha value is -1.14. The van der Waals surface area contributed by atoms with Crippen LogP contribution in [0.25, 0.3) is 10.6 Å². The molecular weight excluding hydrogens is 377 g/mol. The third-order valence-electron chi connectivity index (χ3n) is 4.62. The average Bonchev–Trinajstić information content (AvgIpc) is 3.00. The predicted octanol–water partition coefficient (Wildman–Crippen LogP) is 4.16. The minimum absolute atomic E-state index is 0. The van der Waals surface area contributed by atoms with Crippen LogP contribution in [-0.2, 0) is 0 Å². The molecule has 2 aromatic rings. The van der Waals surface area contributed by atoms with Gasteiger partial charge in [-0.05, 0) is 18.8 Å². The summed E-state index contributed by atoms with van der Waals surface area (Å²) in [6, 6.07) is 8.36. The Morgan fingerprint density at radius 2 is 1.92 bits per heavy atom. The van der Waals surface area contributed by atoms with Crippen LogP contribution in [0.2, 0.25) is 0 Å². The Kier molecular flexibility index (Phi) is 7.44. The van der Waals surface area contributed by atoms with Gasteiger partial charge in [0, 0.05) is 30.1 Å². The number of hydrogen-bond acceptors (Lipinski definition) is 4. The predicted molar refractivity (Wildman–Crippen MR) is 109 cm³/mol. The number of amides is 1. The van der Waals surface area contributed by atoms with E-state index < -0.39 is 0 Å². The lowest BCUT2D eigenvalue weighted by molar-refractivity contribution is 0.0528. The molecule has 1 fully saturated rings. The van der Waals surface area contributed by atoms with E-state index in [1.54, 1.807) is 0 Å². The first-order valence-electron chi connectivity index (χ1n) is 7.94. The summed E-state index contributed by atoms with van der Waals surface area (Å²) in [5.41, 5.74) is 8.91. The van der Waals surface area contributed by atoms with Crippen LogP contribution in [0.4, 0.5) is 0 Å². The summed E-state index contributed by atoms with van der Waals surface area (Å²) in [6.07, 6.45) is 0.841. The number of likely N-dealkylation sites (tertiary alicyclic amines) is 1. The zero-order valence-electron chi connectivity index (χ0n) is 14.7. The number of benzene rings is 1. The summed E-state index contributed by atoms with van der Waals surface area (Å²) in [5, 5.41) is 2.75. The number of thiazole rings is 1. The van der Waals surface area contributed by atoms with Crippen LogP contribution >= 0.6 is 36.2 Å². The minimum atomic E-state index is -0.0519. The van der Waals surface area contributed by atoms with E-state index in [1.807, 2.05) is 22.4 Å². The van der Waals surface area contributed by atoms with E-state index in [0.717, 1.165) is 17.0 Å². The lowest BCUT2D eigenvalue weighted by atomic mass is 9.79. The second-order valence-corrected chi connectivity index (χ2v) is 7.87. The van der Waals surface area contributed by atoms with Gasteiger partial charge >= 0.3 is 0 Å². The van der Waals surface area contributed by atoms with Crippen molar-refractivity contribution in [3.8, 4) is 10.6 Å². The van der Waals surface area contributed by atoms with Crippen LogP contribution in [0.3, 0.4) is 0 Å². The van der Waals surface area contributed by atoms with Crippen molar-refractivity contribution in [1.29, 1.82) is 0 Å². The lowest BCUT2D eigenvalue weighted by Crippen LogP contribution is -2.54. The van der Waals surface area contributed by atoms with Gasteiger partial charge in [-0.25, -0.2) is 4.98 Å². The quantitative estimate of drug-likeness (QED) is 0.821. The van der Waals surface area contributed by atoms with Gasteiger partial charge < -0.3 is 10.6 Å². The number of aryl methyl sites for hydroxylation is 1. The molecule has 0 radical (unpaired) electrons. The van der Waals surface area contributed by atoms with E-state index in [4.69, 9.17) is 5.73 Å². The second-order valence-electron chi connectivity index (χ2n) is 7.01. The molecule has 1 aromatic carbocycles. The van der Waals surface area contributed by atoms with E-state index in [-0.39, 0.29) is 42.2 Å². The number of halogens is 2. The molecule has 138 valence electrons. The molecule has 3 rings (SSSR count). The van der Waals surface area contributed by atoms with E-state index in [2.05, 4.69) is 37.9 Å². The van der Waals surface area contributed by atoms with Crippen molar-refractivity contribution in [2.45, 2.75) is 33.2 Å². The van der Waals surface area contributed by atoms with Crippen LogP contribution in [0, 0.1) is 12.3 Å². The van der Waals surface area contributed by atoms with E-state index in [1.165, 1.54) is 16.9 Å². The molecule has 1 atom stereocenters. The van der Waals surface area contributed by atoms with Crippen LogP contribution in [0.5, 0.6) is 0 Å². The summed E-state index contributed by atoms with van der Waals surface area (Å²) in [6.45, 7) is 7.69. The van der Waals surface area contributed by atoms with Crippen molar-refractivity contribution in [1.82, 2.24) is 9.88 Å².